The second kappa shape index (κ2) is 19.6. The number of rotatable bonds is 19. The van der Waals surface area contributed by atoms with E-state index in [9.17, 15) is 27.6 Å². The molecule has 0 bridgehead atoms. The number of anilines is 2. The molecule has 0 aliphatic rings. The van der Waals surface area contributed by atoms with Gasteiger partial charge < -0.3 is 30.4 Å². The number of nitrogen functional groups attached to an aromatic ring is 2. The molecule has 0 radical (unpaired) electrons. The fourth-order valence-corrected chi connectivity index (χ4v) is 4.46. The Kier molecular flexibility index (Phi) is 15.3. The summed E-state index contributed by atoms with van der Waals surface area (Å²) in [7, 11) is 0. The molecule has 258 valence electrons. The standard InChI is InChI=1S/C36H41F3N2O7/c37-36(38,39)19-5-4-8-20-45-31-16-12-27(13-17-31)35(44)48-32-14-9-26(10-15-32)11-18-33(42)46-21-6-2-1-3-7-22-47-34(43)28-23-29(40)25-30(41)24-28/h9-18,23-25H,1-8,19-22,40-41H2. The van der Waals surface area contributed by atoms with Gasteiger partial charge in [0.2, 0.25) is 0 Å². The molecule has 3 aromatic carbocycles. The maximum Gasteiger partial charge on any atom is 0.389 e. The van der Waals surface area contributed by atoms with Crippen LogP contribution in [0.4, 0.5) is 24.5 Å². The Morgan fingerprint density at radius 2 is 1.19 bits per heavy atom. The van der Waals surface area contributed by atoms with Gasteiger partial charge >= 0.3 is 24.1 Å². The summed E-state index contributed by atoms with van der Waals surface area (Å²) in [5, 5.41) is 0. The van der Waals surface area contributed by atoms with E-state index in [1.54, 1.807) is 60.7 Å². The summed E-state index contributed by atoms with van der Waals surface area (Å²) in [5.41, 5.74) is 13.6. The number of hydrogen-bond donors (Lipinski definition) is 2. The molecule has 0 spiro atoms. The molecule has 0 aliphatic heterocycles. The lowest BCUT2D eigenvalue weighted by atomic mass is 10.1. The van der Waals surface area contributed by atoms with Gasteiger partial charge in [0.25, 0.3) is 0 Å². The number of ether oxygens (including phenoxy) is 4. The van der Waals surface area contributed by atoms with E-state index in [0.717, 1.165) is 25.7 Å². The Hall–Kier alpha value is -5.00. The van der Waals surface area contributed by atoms with E-state index in [4.69, 9.17) is 30.4 Å². The molecule has 9 nitrogen and oxygen atoms in total. The lowest BCUT2D eigenvalue weighted by Crippen LogP contribution is -2.08. The van der Waals surface area contributed by atoms with Crippen molar-refractivity contribution in [2.75, 3.05) is 31.3 Å². The van der Waals surface area contributed by atoms with E-state index < -0.39 is 30.5 Å². The molecule has 3 aromatic rings. The topological polar surface area (TPSA) is 140 Å². The van der Waals surface area contributed by atoms with Gasteiger partial charge in [-0.25, -0.2) is 14.4 Å². The van der Waals surface area contributed by atoms with Crippen LogP contribution < -0.4 is 20.9 Å². The number of nitrogens with two attached hydrogens (primary N) is 2. The predicted octanol–water partition coefficient (Wildman–Crippen LogP) is 7.94. The molecule has 48 heavy (non-hydrogen) atoms. The first-order valence-corrected chi connectivity index (χ1v) is 15.8. The molecule has 4 N–H and O–H groups in total. The second-order valence-corrected chi connectivity index (χ2v) is 11.1. The van der Waals surface area contributed by atoms with Crippen molar-refractivity contribution in [1.29, 1.82) is 0 Å². The van der Waals surface area contributed by atoms with E-state index in [1.807, 2.05) is 0 Å². The highest BCUT2D eigenvalue weighted by Gasteiger charge is 2.25. The Bertz CT molecular complexity index is 1470. The van der Waals surface area contributed by atoms with E-state index in [2.05, 4.69) is 0 Å². The van der Waals surface area contributed by atoms with Crippen LogP contribution in [0.5, 0.6) is 11.5 Å². The average molecular weight is 671 g/mol. The SMILES string of the molecule is Nc1cc(N)cc(C(=O)OCCCCCCCOC(=O)C=Cc2ccc(OC(=O)c3ccc(OCCCCCC(F)(F)F)cc3)cc2)c1. The highest BCUT2D eigenvalue weighted by atomic mass is 19.4. The van der Waals surface area contributed by atoms with Gasteiger partial charge in [-0.05, 0) is 98.3 Å². The summed E-state index contributed by atoms with van der Waals surface area (Å²) in [6, 6.07) is 17.5. The van der Waals surface area contributed by atoms with Gasteiger partial charge in [0.15, 0.2) is 0 Å². The Balaban J connectivity index is 1.24. The van der Waals surface area contributed by atoms with Crippen LogP contribution in [0.15, 0.2) is 72.8 Å². The van der Waals surface area contributed by atoms with E-state index in [-0.39, 0.29) is 13.0 Å². The van der Waals surface area contributed by atoms with E-state index >= 15 is 0 Å². The van der Waals surface area contributed by atoms with Crippen molar-refractivity contribution >= 4 is 35.4 Å². The summed E-state index contributed by atoms with van der Waals surface area (Å²) in [4.78, 5) is 36.6. The van der Waals surface area contributed by atoms with Gasteiger partial charge in [-0.15, -0.1) is 0 Å². The summed E-state index contributed by atoms with van der Waals surface area (Å²) in [5.74, 6) is -0.660. The van der Waals surface area contributed by atoms with Crippen molar-refractivity contribution in [2.24, 2.45) is 0 Å². The van der Waals surface area contributed by atoms with Crippen molar-refractivity contribution in [3.63, 3.8) is 0 Å². The second-order valence-electron chi connectivity index (χ2n) is 11.1. The molecule has 0 unspecified atom stereocenters. The number of hydrogen-bond acceptors (Lipinski definition) is 9. The maximum absolute atomic E-state index is 12.5. The first-order chi connectivity index (χ1) is 23.0. The van der Waals surface area contributed by atoms with Gasteiger partial charge in [0.05, 0.1) is 30.9 Å². The summed E-state index contributed by atoms with van der Waals surface area (Å²) in [6.45, 7) is 0.876. The highest BCUT2D eigenvalue weighted by Crippen LogP contribution is 2.23. The number of halogens is 3. The monoisotopic (exact) mass is 670 g/mol. The third-order valence-corrected chi connectivity index (χ3v) is 6.95. The molecule has 0 fully saturated rings. The van der Waals surface area contributed by atoms with E-state index in [1.165, 1.54) is 18.2 Å². The molecule has 0 amide bonds. The first kappa shape index (κ1) is 37.5. The van der Waals surface area contributed by atoms with Crippen LogP contribution in [-0.2, 0) is 14.3 Å². The van der Waals surface area contributed by atoms with Crippen LogP contribution in [0.2, 0.25) is 0 Å². The minimum atomic E-state index is -4.13. The summed E-state index contributed by atoms with van der Waals surface area (Å²) >= 11 is 0. The largest absolute Gasteiger partial charge is 0.494 e. The van der Waals surface area contributed by atoms with E-state index in [0.29, 0.717) is 72.0 Å². The third-order valence-electron chi connectivity index (χ3n) is 6.95. The zero-order chi connectivity index (χ0) is 34.8. The Morgan fingerprint density at radius 3 is 1.83 bits per heavy atom. The number of alkyl halides is 3. The van der Waals surface area contributed by atoms with Crippen LogP contribution in [0.3, 0.4) is 0 Å². The molecule has 0 saturated heterocycles. The van der Waals surface area contributed by atoms with Crippen molar-refractivity contribution in [2.45, 2.75) is 64.0 Å². The van der Waals surface area contributed by atoms with Crippen molar-refractivity contribution < 1.29 is 46.5 Å². The number of carbonyl (C=O) groups excluding carboxylic acids is 3. The van der Waals surface area contributed by atoms with Gasteiger partial charge in [0, 0.05) is 23.9 Å². The van der Waals surface area contributed by atoms with Crippen LogP contribution in [0, 0.1) is 0 Å². The Morgan fingerprint density at radius 1 is 0.625 bits per heavy atom. The number of esters is 3. The molecule has 0 heterocycles. The normalized spacial score (nSPS) is 11.3. The van der Waals surface area contributed by atoms with Gasteiger partial charge in [-0.2, -0.15) is 13.2 Å². The minimum Gasteiger partial charge on any atom is -0.494 e. The Labute approximate surface area is 278 Å². The quantitative estimate of drug-likeness (QED) is 0.0428. The van der Waals surface area contributed by atoms with Crippen LogP contribution in [0.1, 0.15) is 84.1 Å². The molecule has 0 aliphatic carbocycles. The highest BCUT2D eigenvalue weighted by molar-refractivity contribution is 5.92. The molecule has 0 saturated carbocycles. The van der Waals surface area contributed by atoms with Crippen molar-refractivity contribution in [1.82, 2.24) is 0 Å². The lowest BCUT2D eigenvalue weighted by molar-refractivity contribution is -0.138. The van der Waals surface area contributed by atoms with Crippen molar-refractivity contribution in [3.8, 4) is 11.5 Å². The van der Waals surface area contributed by atoms with Crippen LogP contribution in [-0.4, -0.2) is 43.9 Å². The smallest absolute Gasteiger partial charge is 0.389 e. The molecule has 0 atom stereocenters. The maximum atomic E-state index is 12.5. The van der Waals surface area contributed by atoms with Crippen LogP contribution in [0.25, 0.3) is 6.08 Å². The molecule has 12 heteroatoms. The number of carbonyl (C=O) groups is 3. The summed E-state index contributed by atoms with van der Waals surface area (Å²) < 4.78 is 58.0. The molecular weight excluding hydrogens is 629 g/mol. The van der Waals surface area contributed by atoms with Crippen molar-refractivity contribution in [3.05, 3.63) is 89.5 Å². The lowest BCUT2D eigenvalue weighted by Gasteiger charge is -2.08. The predicted molar refractivity (Wildman–Crippen MR) is 176 cm³/mol. The first-order valence-electron chi connectivity index (χ1n) is 15.8. The zero-order valence-electron chi connectivity index (χ0n) is 26.6. The van der Waals surface area contributed by atoms with Crippen LogP contribution >= 0.6 is 0 Å². The molecular formula is C36H41F3N2O7. The minimum absolute atomic E-state index is 0.0682. The zero-order valence-corrected chi connectivity index (χ0v) is 26.6. The third kappa shape index (κ3) is 15.1. The number of unbranched alkanes of at least 4 members (excludes halogenated alkanes) is 6. The van der Waals surface area contributed by atoms with Gasteiger partial charge in [-0.3, -0.25) is 0 Å². The average Bonchev–Trinajstić information content (AvgIpc) is 3.04. The molecule has 3 rings (SSSR count). The fourth-order valence-electron chi connectivity index (χ4n) is 4.46. The molecule has 0 aromatic heterocycles. The number of benzene rings is 3. The van der Waals surface area contributed by atoms with Gasteiger partial charge in [0.1, 0.15) is 11.5 Å². The van der Waals surface area contributed by atoms with Gasteiger partial charge in [-0.1, -0.05) is 31.4 Å². The summed E-state index contributed by atoms with van der Waals surface area (Å²) in [6.07, 6.45) is 3.06. The fraction of sp³-hybridized carbons (Fsp3) is 0.361.